The van der Waals surface area contributed by atoms with Crippen LogP contribution in [-0.4, -0.2) is 11.3 Å². The van der Waals surface area contributed by atoms with Crippen LogP contribution in [0.15, 0.2) is 53.5 Å². The Morgan fingerprint density at radius 1 is 1.18 bits per heavy atom. The van der Waals surface area contributed by atoms with Crippen LogP contribution in [0, 0.1) is 6.92 Å². The summed E-state index contributed by atoms with van der Waals surface area (Å²) in [5.41, 5.74) is 6.94. The van der Waals surface area contributed by atoms with Crippen molar-refractivity contribution in [2.24, 2.45) is 4.99 Å². The Balaban J connectivity index is 1.73. The molecular formula is C17H18ClN3S. The Hall–Kier alpha value is -1.65. The van der Waals surface area contributed by atoms with Crippen LogP contribution >= 0.6 is 23.4 Å². The second-order valence-electron chi connectivity index (χ2n) is 5.30. The predicted molar refractivity (Wildman–Crippen MR) is 96.4 cm³/mol. The number of aryl methyl sites for hydroxylation is 1. The summed E-state index contributed by atoms with van der Waals surface area (Å²) < 4.78 is 0. The lowest BCUT2D eigenvalue weighted by Crippen LogP contribution is -2.39. The zero-order valence-corrected chi connectivity index (χ0v) is 14.2. The monoisotopic (exact) mass is 331 g/mol. The van der Waals surface area contributed by atoms with E-state index < -0.39 is 0 Å². The number of thioether (sulfide) groups is 1. The number of rotatable bonds is 4. The van der Waals surface area contributed by atoms with Gasteiger partial charge in [-0.3, -0.25) is 10.4 Å². The Morgan fingerprint density at radius 3 is 2.77 bits per heavy atom. The number of halogens is 1. The number of hydrogen-bond donors (Lipinski definition) is 1. The first-order chi connectivity index (χ1) is 10.6. The van der Waals surface area contributed by atoms with Gasteiger partial charge < -0.3 is 0 Å². The molecule has 0 aliphatic carbocycles. The predicted octanol–water partition coefficient (Wildman–Crippen LogP) is 4.61. The van der Waals surface area contributed by atoms with Crippen LogP contribution in [0.5, 0.6) is 0 Å². The highest BCUT2D eigenvalue weighted by Gasteiger charge is 2.25. The molecule has 1 aliphatic rings. The molecule has 0 spiro atoms. The van der Waals surface area contributed by atoms with Gasteiger partial charge in [-0.2, -0.15) is 0 Å². The summed E-state index contributed by atoms with van der Waals surface area (Å²) in [6, 6.07) is 16.4. The van der Waals surface area contributed by atoms with Gasteiger partial charge in [-0.1, -0.05) is 47.5 Å². The van der Waals surface area contributed by atoms with Crippen LogP contribution in [0.2, 0.25) is 5.02 Å². The minimum absolute atomic E-state index is 0.0129. The zero-order valence-electron chi connectivity index (χ0n) is 12.6. The summed E-state index contributed by atoms with van der Waals surface area (Å²) in [6.07, 6.45) is 0. The van der Waals surface area contributed by atoms with Gasteiger partial charge in [0.05, 0.1) is 5.69 Å². The van der Waals surface area contributed by atoms with Crippen molar-refractivity contribution in [3.8, 4) is 0 Å². The van der Waals surface area contributed by atoms with Crippen molar-refractivity contribution in [2.75, 3.05) is 5.01 Å². The summed E-state index contributed by atoms with van der Waals surface area (Å²) in [7, 11) is 0. The highest BCUT2D eigenvalue weighted by atomic mass is 35.5. The highest BCUT2D eigenvalue weighted by molar-refractivity contribution is 7.99. The first-order valence-electron chi connectivity index (χ1n) is 7.15. The molecule has 1 atom stereocenters. The van der Waals surface area contributed by atoms with E-state index in [0.717, 1.165) is 22.3 Å². The molecule has 0 amide bonds. The third kappa shape index (κ3) is 3.57. The van der Waals surface area contributed by atoms with Crippen molar-refractivity contribution in [1.82, 2.24) is 5.43 Å². The van der Waals surface area contributed by atoms with Gasteiger partial charge in [0, 0.05) is 10.8 Å². The molecule has 0 fully saturated rings. The van der Waals surface area contributed by atoms with Gasteiger partial charge in [-0.05, 0) is 37.6 Å². The fourth-order valence-electron chi connectivity index (χ4n) is 2.38. The quantitative estimate of drug-likeness (QED) is 0.886. The lowest BCUT2D eigenvalue weighted by molar-refractivity contribution is 0.799. The number of nitrogens with zero attached hydrogens (tertiary/aromatic N) is 2. The zero-order chi connectivity index (χ0) is 15.5. The fraction of sp³-hybridized carbons (Fsp3) is 0.235. The molecule has 22 heavy (non-hydrogen) atoms. The normalized spacial score (nSPS) is 17.3. The first kappa shape index (κ1) is 15.3. The molecule has 1 unspecified atom stereocenters. The van der Waals surface area contributed by atoms with E-state index in [1.807, 2.05) is 31.2 Å². The van der Waals surface area contributed by atoms with Gasteiger partial charge in [0.25, 0.3) is 0 Å². The van der Waals surface area contributed by atoms with E-state index in [0.29, 0.717) is 0 Å². The van der Waals surface area contributed by atoms with Gasteiger partial charge >= 0.3 is 0 Å². The Kier molecular flexibility index (Phi) is 4.60. The van der Waals surface area contributed by atoms with Crippen molar-refractivity contribution in [2.45, 2.75) is 25.1 Å². The number of amidine groups is 1. The highest BCUT2D eigenvalue weighted by Crippen LogP contribution is 2.29. The molecule has 0 saturated carbocycles. The molecule has 0 saturated heterocycles. The van der Waals surface area contributed by atoms with E-state index in [1.54, 1.807) is 11.8 Å². The average molecular weight is 332 g/mol. The van der Waals surface area contributed by atoms with Crippen LogP contribution in [0.25, 0.3) is 0 Å². The number of anilines is 1. The summed E-state index contributed by atoms with van der Waals surface area (Å²) in [4.78, 5) is 4.66. The molecule has 3 nitrogen and oxygen atoms in total. The summed E-state index contributed by atoms with van der Waals surface area (Å²) in [6.45, 7) is 4.09. The Morgan fingerprint density at radius 2 is 2.00 bits per heavy atom. The molecule has 114 valence electrons. The minimum Gasteiger partial charge on any atom is -0.283 e. The van der Waals surface area contributed by atoms with Gasteiger partial charge in [-0.15, -0.1) is 11.8 Å². The second-order valence-corrected chi connectivity index (χ2v) is 6.78. The lowest BCUT2D eigenvalue weighted by atomic mass is 10.2. The minimum atomic E-state index is 0.0129. The molecule has 1 heterocycles. The summed E-state index contributed by atoms with van der Waals surface area (Å²) >= 11 is 7.89. The van der Waals surface area contributed by atoms with Gasteiger partial charge in [0.1, 0.15) is 5.84 Å². The number of aliphatic imine (C=N–C) groups is 1. The van der Waals surface area contributed by atoms with Crippen LogP contribution in [0.1, 0.15) is 18.1 Å². The molecule has 0 aromatic heterocycles. The maximum Gasteiger partial charge on any atom is 0.189 e. The smallest absolute Gasteiger partial charge is 0.189 e. The van der Waals surface area contributed by atoms with Crippen LogP contribution < -0.4 is 10.4 Å². The molecule has 2 aromatic carbocycles. The van der Waals surface area contributed by atoms with Crippen molar-refractivity contribution in [1.29, 1.82) is 0 Å². The molecule has 0 radical (unpaired) electrons. The number of nitrogens with one attached hydrogen (secondary N) is 1. The molecule has 1 N–H and O–H groups in total. The van der Waals surface area contributed by atoms with Crippen molar-refractivity contribution < 1.29 is 0 Å². The number of hydrogen-bond acceptors (Lipinski definition) is 4. The maximum absolute atomic E-state index is 6.10. The third-order valence-corrected chi connectivity index (χ3v) is 4.72. The van der Waals surface area contributed by atoms with E-state index in [1.165, 1.54) is 11.1 Å². The SMILES string of the molecule is CC1=NC(SCc2cccc(C)c2)N(c2cccc(Cl)c2)N1. The van der Waals surface area contributed by atoms with Gasteiger partial charge in [-0.25, -0.2) is 4.99 Å². The summed E-state index contributed by atoms with van der Waals surface area (Å²) in [5.74, 6) is 1.84. The molecule has 0 bridgehead atoms. The van der Waals surface area contributed by atoms with E-state index in [-0.39, 0.29) is 5.50 Å². The van der Waals surface area contributed by atoms with Gasteiger partial charge in [0.15, 0.2) is 5.50 Å². The van der Waals surface area contributed by atoms with E-state index in [9.17, 15) is 0 Å². The Labute approximate surface area is 140 Å². The van der Waals surface area contributed by atoms with Crippen LogP contribution in [0.4, 0.5) is 5.69 Å². The molecule has 5 heteroatoms. The lowest BCUT2D eigenvalue weighted by Gasteiger charge is -2.25. The van der Waals surface area contributed by atoms with E-state index in [2.05, 4.69) is 46.6 Å². The summed E-state index contributed by atoms with van der Waals surface area (Å²) in [5, 5.41) is 2.79. The average Bonchev–Trinajstić information content (AvgIpc) is 2.86. The maximum atomic E-state index is 6.10. The number of benzene rings is 2. The van der Waals surface area contributed by atoms with Crippen molar-refractivity contribution in [3.63, 3.8) is 0 Å². The third-order valence-electron chi connectivity index (χ3n) is 3.38. The van der Waals surface area contributed by atoms with Crippen LogP contribution in [0.3, 0.4) is 0 Å². The largest absolute Gasteiger partial charge is 0.283 e. The topological polar surface area (TPSA) is 27.6 Å². The molecule has 3 rings (SSSR count). The van der Waals surface area contributed by atoms with Crippen LogP contribution in [-0.2, 0) is 5.75 Å². The molecule has 2 aromatic rings. The first-order valence-corrected chi connectivity index (χ1v) is 8.57. The number of hydrazine groups is 1. The Bertz CT molecular complexity index is 702. The van der Waals surface area contributed by atoms with E-state index in [4.69, 9.17) is 11.6 Å². The standard InChI is InChI=1S/C17H18ClN3S/c1-12-5-3-6-14(9-12)11-22-17-19-13(2)20-21(17)16-8-4-7-15(18)10-16/h3-10,17H,11H2,1-2H3,(H,19,20). The van der Waals surface area contributed by atoms with Crippen molar-refractivity contribution in [3.05, 3.63) is 64.7 Å². The molecular weight excluding hydrogens is 314 g/mol. The van der Waals surface area contributed by atoms with Gasteiger partial charge in [0.2, 0.25) is 0 Å². The second kappa shape index (κ2) is 6.63. The van der Waals surface area contributed by atoms with E-state index >= 15 is 0 Å². The van der Waals surface area contributed by atoms with Crippen molar-refractivity contribution >= 4 is 34.9 Å². The fourth-order valence-corrected chi connectivity index (χ4v) is 3.65. The molecule has 1 aliphatic heterocycles.